The number of aryl methyl sites for hydroxylation is 2. The summed E-state index contributed by atoms with van der Waals surface area (Å²) in [5.74, 6) is -0.971. The number of allylic oxidation sites excluding steroid dienone is 2. The molecule has 0 amide bonds. The van der Waals surface area contributed by atoms with Crippen molar-refractivity contribution in [2.45, 2.75) is 80.6 Å². The number of rotatable bonds is 6. The molecule has 0 bridgehead atoms. The third kappa shape index (κ3) is 10.1. The SMILES string of the molecule is C=C(N)c1cccc(CC)c1N=C(C)C1=CCCCC1.C=C(OF)c1nc(F)ccc1C.CC.CC. The lowest BCUT2D eigenvalue weighted by Crippen LogP contribution is -2.03. The number of para-hydroxylation sites is 1. The van der Waals surface area contributed by atoms with E-state index in [0.717, 1.165) is 29.8 Å². The second-order valence-electron chi connectivity index (χ2n) is 7.66. The summed E-state index contributed by atoms with van der Waals surface area (Å²) in [4.78, 5) is 11.6. The van der Waals surface area contributed by atoms with Gasteiger partial charge in [0.1, 0.15) is 5.69 Å². The predicted octanol–water partition coefficient (Wildman–Crippen LogP) is 9.22. The molecule has 0 atom stereocenters. The van der Waals surface area contributed by atoms with Gasteiger partial charge in [-0.3, -0.25) is 9.93 Å². The number of pyridine rings is 1. The molecule has 0 unspecified atom stereocenters. The fourth-order valence-corrected chi connectivity index (χ4v) is 3.50. The summed E-state index contributed by atoms with van der Waals surface area (Å²) >= 11 is 0. The first-order chi connectivity index (χ1) is 17.3. The van der Waals surface area contributed by atoms with Gasteiger partial charge in [-0.2, -0.15) is 4.39 Å². The second-order valence-corrected chi connectivity index (χ2v) is 7.66. The van der Waals surface area contributed by atoms with Crippen molar-refractivity contribution in [2.75, 3.05) is 0 Å². The lowest BCUT2D eigenvalue weighted by Gasteiger charge is -2.15. The number of nitrogens with zero attached hydrogens (tertiary/aromatic N) is 2. The van der Waals surface area contributed by atoms with Gasteiger partial charge in [-0.15, -0.1) is 0 Å². The minimum Gasteiger partial charge on any atom is -0.399 e. The zero-order chi connectivity index (χ0) is 27.7. The van der Waals surface area contributed by atoms with Crippen LogP contribution in [-0.4, -0.2) is 10.7 Å². The van der Waals surface area contributed by atoms with Crippen LogP contribution < -0.4 is 5.73 Å². The van der Waals surface area contributed by atoms with Crippen LogP contribution in [0.5, 0.6) is 0 Å². The van der Waals surface area contributed by atoms with E-state index in [9.17, 15) is 8.92 Å². The van der Waals surface area contributed by atoms with E-state index in [1.165, 1.54) is 42.5 Å². The Morgan fingerprint density at radius 2 is 1.78 bits per heavy atom. The number of nitrogens with two attached hydrogens (primary N) is 1. The molecule has 0 saturated heterocycles. The van der Waals surface area contributed by atoms with Crippen LogP contribution in [0.4, 0.5) is 14.6 Å². The van der Waals surface area contributed by atoms with Crippen molar-refractivity contribution in [3.63, 3.8) is 0 Å². The highest BCUT2D eigenvalue weighted by Gasteiger charge is 2.11. The highest BCUT2D eigenvalue weighted by molar-refractivity contribution is 6.00. The molecule has 3 rings (SSSR count). The highest BCUT2D eigenvalue weighted by Crippen LogP contribution is 2.30. The first kappa shape index (κ1) is 32.7. The molecule has 0 fully saturated rings. The molecule has 198 valence electrons. The molecule has 2 aromatic rings. The van der Waals surface area contributed by atoms with Gasteiger partial charge in [-0.25, -0.2) is 4.98 Å². The summed E-state index contributed by atoms with van der Waals surface area (Å²) in [5, 5.41) is 0. The highest BCUT2D eigenvalue weighted by atomic mass is 19.3. The van der Waals surface area contributed by atoms with Crippen LogP contribution in [0.1, 0.15) is 89.6 Å². The van der Waals surface area contributed by atoms with Gasteiger partial charge in [0.25, 0.3) is 0 Å². The Hall–Kier alpha value is -3.28. The van der Waals surface area contributed by atoms with Gasteiger partial charge in [-0.05, 0) is 75.3 Å². The predicted molar refractivity (Wildman–Crippen MR) is 151 cm³/mol. The Balaban J connectivity index is 0.000000655. The Morgan fingerprint density at radius 1 is 1.11 bits per heavy atom. The van der Waals surface area contributed by atoms with Crippen LogP contribution >= 0.6 is 0 Å². The van der Waals surface area contributed by atoms with E-state index in [2.05, 4.69) is 49.1 Å². The molecule has 6 heteroatoms. The Kier molecular flexibility index (Phi) is 16.4. The second kappa shape index (κ2) is 18.1. The van der Waals surface area contributed by atoms with E-state index in [1.807, 2.05) is 39.8 Å². The standard InChI is InChI=1S/C18H24N2.C8H7F2NO.2C2H6/c1-4-15-11-8-12-17(13(2)19)18(15)20-14(3)16-9-6-5-7-10-16;1-5-3-4-7(9)11-8(5)6(2)12-10;2*1-2/h8-9,11-12H,2,4-7,10,19H2,1,3H3;3-4H,2H2,1H3;2*1-2H3. The quantitative estimate of drug-likeness (QED) is 0.245. The molecule has 1 aromatic carbocycles. The monoisotopic (exact) mass is 499 g/mol. The summed E-state index contributed by atoms with van der Waals surface area (Å²) in [7, 11) is 0. The van der Waals surface area contributed by atoms with E-state index in [1.54, 1.807) is 6.92 Å². The number of aromatic nitrogens is 1. The van der Waals surface area contributed by atoms with Gasteiger partial charge in [0.05, 0.1) is 5.69 Å². The molecule has 1 aliphatic carbocycles. The molecule has 0 aliphatic heterocycles. The fraction of sp³-hybridized carbons (Fsp3) is 0.400. The lowest BCUT2D eigenvalue weighted by atomic mass is 9.96. The summed E-state index contributed by atoms with van der Waals surface area (Å²) in [6.07, 6.45) is 8.16. The summed E-state index contributed by atoms with van der Waals surface area (Å²) < 4.78 is 24.1. The molecule has 2 N–H and O–H groups in total. The van der Waals surface area contributed by atoms with E-state index in [-0.39, 0.29) is 11.5 Å². The van der Waals surface area contributed by atoms with Gasteiger partial charge in [-0.1, -0.05) is 71.5 Å². The van der Waals surface area contributed by atoms with Crippen molar-refractivity contribution in [1.82, 2.24) is 4.98 Å². The first-order valence-electron chi connectivity index (χ1n) is 12.7. The summed E-state index contributed by atoms with van der Waals surface area (Å²) in [5.41, 5.74) is 12.9. The molecule has 1 aromatic heterocycles. The maximum absolute atomic E-state index is 12.5. The number of halogens is 2. The molecule has 0 spiro atoms. The number of hydrogen-bond donors (Lipinski definition) is 1. The molecular formula is C30H43F2N3O. The largest absolute Gasteiger partial charge is 0.399 e. The molecule has 0 radical (unpaired) electrons. The van der Waals surface area contributed by atoms with E-state index >= 15 is 0 Å². The molecule has 1 heterocycles. The number of aliphatic imine (C=N–C) groups is 1. The van der Waals surface area contributed by atoms with Crippen molar-refractivity contribution < 1.29 is 13.9 Å². The van der Waals surface area contributed by atoms with Crippen molar-refractivity contribution in [3.05, 3.63) is 83.5 Å². The third-order valence-corrected chi connectivity index (χ3v) is 5.30. The van der Waals surface area contributed by atoms with Gasteiger partial charge >= 0.3 is 0 Å². The third-order valence-electron chi connectivity index (χ3n) is 5.30. The van der Waals surface area contributed by atoms with Crippen LogP contribution in [0.15, 0.2) is 60.1 Å². The van der Waals surface area contributed by atoms with Crippen LogP contribution in [0.25, 0.3) is 11.5 Å². The van der Waals surface area contributed by atoms with Crippen LogP contribution in [0.3, 0.4) is 0 Å². The zero-order valence-corrected chi connectivity index (χ0v) is 23.0. The fourth-order valence-electron chi connectivity index (χ4n) is 3.50. The molecule has 4 nitrogen and oxygen atoms in total. The summed E-state index contributed by atoms with van der Waals surface area (Å²) in [6.45, 7) is 21.0. The Morgan fingerprint density at radius 3 is 2.31 bits per heavy atom. The van der Waals surface area contributed by atoms with Crippen LogP contribution in [-0.2, 0) is 11.4 Å². The normalized spacial score (nSPS) is 12.4. The lowest BCUT2D eigenvalue weighted by molar-refractivity contribution is -0.0422. The molecule has 36 heavy (non-hydrogen) atoms. The smallest absolute Gasteiger partial charge is 0.213 e. The van der Waals surface area contributed by atoms with Crippen LogP contribution in [0, 0.1) is 12.9 Å². The summed E-state index contributed by atoms with van der Waals surface area (Å²) in [6, 6.07) is 8.81. The topological polar surface area (TPSA) is 60.5 Å². The van der Waals surface area contributed by atoms with E-state index in [0.29, 0.717) is 11.3 Å². The number of hydrogen-bond acceptors (Lipinski definition) is 4. The molecule has 1 aliphatic rings. The average Bonchev–Trinajstić information content (AvgIpc) is 2.92. The van der Waals surface area contributed by atoms with Crippen molar-refractivity contribution >= 4 is 22.9 Å². The van der Waals surface area contributed by atoms with Gasteiger partial charge < -0.3 is 5.73 Å². The van der Waals surface area contributed by atoms with Crippen molar-refractivity contribution in [2.24, 2.45) is 10.7 Å². The average molecular weight is 500 g/mol. The van der Waals surface area contributed by atoms with E-state index < -0.39 is 5.95 Å². The van der Waals surface area contributed by atoms with Crippen molar-refractivity contribution in [3.8, 4) is 0 Å². The maximum Gasteiger partial charge on any atom is 0.213 e. The minimum atomic E-state index is -0.686. The maximum atomic E-state index is 12.5. The Bertz CT molecular complexity index is 1040. The molecular weight excluding hydrogens is 456 g/mol. The van der Waals surface area contributed by atoms with E-state index in [4.69, 9.17) is 10.7 Å². The van der Waals surface area contributed by atoms with Crippen LogP contribution in [0.2, 0.25) is 0 Å². The number of benzene rings is 1. The van der Waals surface area contributed by atoms with Crippen molar-refractivity contribution in [1.29, 1.82) is 0 Å². The molecule has 0 saturated carbocycles. The first-order valence-corrected chi connectivity index (χ1v) is 12.7. The zero-order valence-electron chi connectivity index (χ0n) is 23.0. The van der Waals surface area contributed by atoms with Gasteiger partial charge in [0.15, 0.2) is 5.76 Å². The minimum absolute atomic E-state index is 0.0949. The Labute approximate surface area is 216 Å². The van der Waals surface area contributed by atoms with Gasteiger partial charge in [0, 0.05) is 21.5 Å². The van der Waals surface area contributed by atoms with Gasteiger partial charge in [0.2, 0.25) is 5.95 Å².